The van der Waals surface area contributed by atoms with Gasteiger partial charge >= 0.3 is 0 Å². The highest BCUT2D eigenvalue weighted by Gasteiger charge is 2.41. The van der Waals surface area contributed by atoms with Crippen LogP contribution in [0.5, 0.6) is 0 Å². The largest absolute Gasteiger partial charge is 0.351 e. The van der Waals surface area contributed by atoms with Crippen molar-refractivity contribution in [2.45, 2.75) is 38.4 Å². The van der Waals surface area contributed by atoms with Crippen LogP contribution in [-0.4, -0.2) is 42.1 Å². The Labute approximate surface area is 113 Å². The van der Waals surface area contributed by atoms with Crippen LogP contribution in [0, 0.1) is 0 Å². The second kappa shape index (κ2) is 5.06. The van der Waals surface area contributed by atoms with Gasteiger partial charge in [-0.15, -0.1) is 0 Å². The van der Waals surface area contributed by atoms with Crippen LogP contribution >= 0.6 is 0 Å². The number of rotatable bonds is 2. The average Bonchev–Trinajstić information content (AvgIpc) is 2.87. The van der Waals surface area contributed by atoms with Crippen molar-refractivity contribution in [1.29, 1.82) is 0 Å². The second-order valence-electron chi connectivity index (χ2n) is 5.59. The highest BCUT2D eigenvalue weighted by molar-refractivity contribution is 5.40. The van der Waals surface area contributed by atoms with Crippen LogP contribution in [0.3, 0.4) is 0 Å². The number of anilines is 1. The van der Waals surface area contributed by atoms with E-state index in [0.29, 0.717) is 19.1 Å². The topological polar surface area (TPSA) is 47.5 Å². The smallest absolute Gasteiger partial charge is 0.186 e. The summed E-state index contributed by atoms with van der Waals surface area (Å²) in [6, 6.07) is 2.08. The lowest BCUT2D eigenvalue weighted by Crippen LogP contribution is -2.49. The van der Waals surface area contributed by atoms with E-state index in [9.17, 15) is 0 Å². The van der Waals surface area contributed by atoms with E-state index in [4.69, 9.17) is 9.47 Å². The number of piperidine rings is 1. The van der Waals surface area contributed by atoms with Crippen LogP contribution in [0.25, 0.3) is 0 Å². The lowest BCUT2D eigenvalue weighted by molar-refractivity contribution is -0.161. The maximum Gasteiger partial charge on any atom is 0.186 e. The zero-order chi connectivity index (χ0) is 13.3. The molecule has 0 amide bonds. The van der Waals surface area contributed by atoms with Crippen LogP contribution < -0.4 is 4.90 Å². The van der Waals surface area contributed by atoms with Crippen LogP contribution in [0.1, 0.15) is 38.3 Å². The normalized spacial score (nSPS) is 22.4. The predicted molar refractivity (Wildman–Crippen MR) is 72.2 cm³/mol. The number of aromatic nitrogens is 2. The van der Waals surface area contributed by atoms with Crippen molar-refractivity contribution in [2.24, 2.45) is 0 Å². The monoisotopic (exact) mass is 263 g/mol. The van der Waals surface area contributed by atoms with Gasteiger partial charge in [0.05, 0.1) is 19.8 Å². The van der Waals surface area contributed by atoms with E-state index in [0.717, 1.165) is 37.4 Å². The van der Waals surface area contributed by atoms with E-state index in [1.165, 1.54) is 0 Å². The zero-order valence-electron chi connectivity index (χ0n) is 11.6. The molecule has 3 heterocycles. The summed E-state index contributed by atoms with van der Waals surface area (Å²) in [5.74, 6) is 0.998. The van der Waals surface area contributed by atoms with Crippen LogP contribution in [0.2, 0.25) is 0 Å². The molecule has 0 bridgehead atoms. The maximum absolute atomic E-state index is 5.80. The van der Waals surface area contributed by atoms with Crippen LogP contribution in [0.15, 0.2) is 12.4 Å². The van der Waals surface area contributed by atoms with E-state index in [2.05, 4.69) is 34.8 Å². The van der Waals surface area contributed by atoms with Gasteiger partial charge in [0.25, 0.3) is 0 Å². The summed E-state index contributed by atoms with van der Waals surface area (Å²) >= 11 is 0. The molecule has 1 aromatic heterocycles. The molecule has 0 atom stereocenters. The molecule has 104 valence electrons. The molecular weight excluding hydrogens is 242 g/mol. The number of nitrogens with zero attached hydrogens (tertiary/aromatic N) is 3. The number of hydrogen-bond acceptors (Lipinski definition) is 5. The minimum absolute atomic E-state index is 0.402. The third kappa shape index (κ3) is 2.58. The van der Waals surface area contributed by atoms with E-state index < -0.39 is 5.79 Å². The molecule has 1 aromatic rings. The first-order chi connectivity index (χ1) is 9.19. The molecule has 0 unspecified atom stereocenters. The van der Waals surface area contributed by atoms with Gasteiger partial charge in [0.1, 0.15) is 12.1 Å². The van der Waals surface area contributed by atoms with Gasteiger partial charge < -0.3 is 14.4 Å². The molecule has 5 nitrogen and oxygen atoms in total. The molecule has 0 saturated carbocycles. The van der Waals surface area contributed by atoms with Gasteiger partial charge in [-0.05, 0) is 12.3 Å². The van der Waals surface area contributed by atoms with Crippen molar-refractivity contribution in [3.05, 3.63) is 18.1 Å². The van der Waals surface area contributed by atoms with Crippen LogP contribution in [-0.2, 0) is 9.47 Å². The Morgan fingerprint density at radius 2 is 2.05 bits per heavy atom. The molecule has 3 rings (SSSR count). The molecule has 0 N–H and O–H groups in total. The third-order valence-electron chi connectivity index (χ3n) is 3.82. The van der Waals surface area contributed by atoms with Gasteiger partial charge in [-0.2, -0.15) is 0 Å². The molecule has 0 aliphatic carbocycles. The Morgan fingerprint density at radius 1 is 1.26 bits per heavy atom. The lowest BCUT2D eigenvalue weighted by atomic mass is 10.0. The summed E-state index contributed by atoms with van der Waals surface area (Å²) in [5, 5.41) is 0. The molecule has 0 radical (unpaired) electrons. The quantitative estimate of drug-likeness (QED) is 0.816. The molecule has 2 aliphatic heterocycles. The molecule has 2 aliphatic rings. The molecule has 1 spiro atoms. The summed E-state index contributed by atoms with van der Waals surface area (Å²) in [5.41, 5.74) is 1.08. The van der Waals surface area contributed by atoms with Crippen molar-refractivity contribution in [3.63, 3.8) is 0 Å². The van der Waals surface area contributed by atoms with Gasteiger partial charge in [-0.25, -0.2) is 9.97 Å². The molecule has 0 aromatic carbocycles. The van der Waals surface area contributed by atoms with Gasteiger partial charge in [0, 0.05) is 24.7 Å². The Balaban J connectivity index is 1.79. The lowest BCUT2D eigenvalue weighted by Gasteiger charge is -2.39. The maximum atomic E-state index is 5.80. The average molecular weight is 263 g/mol. The number of ether oxygens (including phenoxy) is 2. The van der Waals surface area contributed by atoms with Gasteiger partial charge in [0.2, 0.25) is 0 Å². The van der Waals surface area contributed by atoms with Crippen molar-refractivity contribution in [1.82, 2.24) is 9.97 Å². The minimum atomic E-state index is -0.402. The van der Waals surface area contributed by atoms with Gasteiger partial charge in [-0.1, -0.05) is 13.8 Å². The summed E-state index contributed by atoms with van der Waals surface area (Å²) in [7, 11) is 0. The Hall–Kier alpha value is -1.20. The van der Waals surface area contributed by atoms with Crippen molar-refractivity contribution in [2.75, 3.05) is 31.2 Å². The van der Waals surface area contributed by atoms with Gasteiger partial charge in [0.15, 0.2) is 5.79 Å². The Bertz CT molecular complexity index is 444. The standard InChI is InChI=1S/C14H21N3O2/c1-11(2)12-8-13(16-10-15-12)17-5-3-4-14(9-17)18-6-7-19-14/h8,10-11H,3-7,9H2,1-2H3. The highest BCUT2D eigenvalue weighted by atomic mass is 16.7. The van der Waals surface area contributed by atoms with E-state index in [1.807, 2.05) is 0 Å². The predicted octanol–water partition coefficient (Wildman–Crippen LogP) is 1.94. The van der Waals surface area contributed by atoms with Crippen molar-refractivity contribution < 1.29 is 9.47 Å². The second-order valence-corrected chi connectivity index (χ2v) is 5.59. The minimum Gasteiger partial charge on any atom is -0.351 e. The number of hydrogen-bond donors (Lipinski definition) is 0. The first-order valence-electron chi connectivity index (χ1n) is 7.03. The van der Waals surface area contributed by atoms with E-state index in [1.54, 1.807) is 6.33 Å². The van der Waals surface area contributed by atoms with Crippen LogP contribution in [0.4, 0.5) is 5.82 Å². The Kier molecular flexibility index (Phi) is 3.41. The first-order valence-corrected chi connectivity index (χ1v) is 7.03. The summed E-state index contributed by atoms with van der Waals surface area (Å²) in [6.45, 7) is 7.47. The van der Waals surface area contributed by atoms with E-state index in [-0.39, 0.29) is 0 Å². The molecular formula is C14H21N3O2. The zero-order valence-corrected chi connectivity index (χ0v) is 11.6. The van der Waals surface area contributed by atoms with Crippen molar-refractivity contribution in [3.8, 4) is 0 Å². The van der Waals surface area contributed by atoms with Crippen molar-refractivity contribution >= 4 is 5.82 Å². The molecule has 2 fully saturated rings. The molecule has 5 heteroatoms. The summed E-state index contributed by atoms with van der Waals surface area (Å²) in [4.78, 5) is 11.0. The molecule has 2 saturated heterocycles. The Morgan fingerprint density at radius 3 is 2.79 bits per heavy atom. The molecule has 19 heavy (non-hydrogen) atoms. The fourth-order valence-corrected chi connectivity index (χ4v) is 2.77. The fraction of sp³-hybridized carbons (Fsp3) is 0.714. The SMILES string of the molecule is CC(C)c1cc(N2CCCC3(C2)OCCO3)ncn1. The summed E-state index contributed by atoms with van der Waals surface area (Å²) < 4.78 is 11.6. The van der Waals surface area contributed by atoms with E-state index >= 15 is 0 Å². The highest BCUT2D eigenvalue weighted by Crippen LogP contribution is 2.32. The first kappa shape index (κ1) is 12.8. The fourth-order valence-electron chi connectivity index (χ4n) is 2.77. The summed E-state index contributed by atoms with van der Waals surface area (Å²) in [6.07, 6.45) is 3.70. The van der Waals surface area contributed by atoms with Gasteiger partial charge in [-0.3, -0.25) is 0 Å². The third-order valence-corrected chi connectivity index (χ3v) is 3.82.